The van der Waals surface area contributed by atoms with Gasteiger partial charge >= 0.3 is 0 Å². The van der Waals surface area contributed by atoms with E-state index in [0.717, 1.165) is 5.56 Å². The summed E-state index contributed by atoms with van der Waals surface area (Å²) in [5.41, 5.74) is 1.13. The second-order valence-electron chi connectivity index (χ2n) is 3.14. The number of hydrogen-bond acceptors (Lipinski definition) is 2. The first-order chi connectivity index (χ1) is 7.83. The maximum Gasteiger partial charge on any atom is 0.180 e. The number of carbonyl (C=O) groups is 1. The first kappa shape index (κ1) is 12.1. The van der Waals surface area contributed by atoms with Crippen molar-refractivity contribution in [1.29, 1.82) is 0 Å². The van der Waals surface area contributed by atoms with Gasteiger partial charge in [-0.1, -0.05) is 60.7 Å². The molecule has 0 fully saturated rings. The van der Waals surface area contributed by atoms with Crippen molar-refractivity contribution in [2.24, 2.45) is 0 Å². The summed E-state index contributed by atoms with van der Waals surface area (Å²) < 4.78 is 0. The summed E-state index contributed by atoms with van der Waals surface area (Å²) in [6.45, 7) is -0.440. The minimum Gasteiger partial charge on any atom is -0.388 e. The molecule has 1 aromatic rings. The van der Waals surface area contributed by atoms with Crippen LogP contribution in [0.1, 0.15) is 5.56 Å². The molecule has 0 amide bonds. The van der Waals surface area contributed by atoms with E-state index in [0.29, 0.717) is 0 Å². The number of rotatable bonds is 5. The summed E-state index contributed by atoms with van der Waals surface area (Å²) in [6.07, 6.45) is 10.4. The number of aliphatic hydroxyl groups excluding tert-OH is 1. The molecule has 0 atom stereocenters. The van der Waals surface area contributed by atoms with E-state index in [9.17, 15) is 4.79 Å². The Hall–Kier alpha value is -1.93. The molecular weight excluding hydrogens is 200 g/mol. The van der Waals surface area contributed by atoms with Crippen molar-refractivity contribution in [3.63, 3.8) is 0 Å². The predicted octanol–water partition coefficient (Wildman–Crippen LogP) is 2.37. The Morgan fingerprint density at radius 2 is 1.75 bits per heavy atom. The third-order valence-electron chi connectivity index (χ3n) is 1.86. The second kappa shape index (κ2) is 7.37. The molecule has 0 saturated carbocycles. The van der Waals surface area contributed by atoms with Gasteiger partial charge in [0.15, 0.2) is 5.78 Å². The molecule has 0 radical (unpaired) electrons. The van der Waals surface area contributed by atoms with Crippen LogP contribution in [-0.4, -0.2) is 17.5 Å². The predicted molar refractivity (Wildman–Crippen MR) is 65.8 cm³/mol. The molecule has 82 valence electrons. The Labute approximate surface area is 95.2 Å². The summed E-state index contributed by atoms with van der Waals surface area (Å²) >= 11 is 0. The number of aliphatic hydroxyl groups is 1. The standard InChI is InChI=1S/C14H14O2/c15-12-14(16)11-7-2-1-4-8-13-9-5-3-6-10-13/h1-11,15H,12H2. The highest BCUT2D eigenvalue weighted by Crippen LogP contribution is 2.00. The van der Waals surface area contributed by atoms with E-state index in [1.54, 1.807) is 12.2 Å². The highest BCUT2D eigenvalue weighted by atomic mass is 16.3. The highest BCUT2D eigenvalue weighted by molar-refractivity contribution is 5.90. The van der Waals surface area contributed by atoms with Gasteiger partial charge < -0.3 is 5.11 Å². The molecule has 0 aliphatic heterocycles. The maximum atomic E-state index is 10.7. The first-order valence-corrected chi connectivity index (χ1v) is 5.03. The van der Waals surface area contributed by atoms with E-state index < -0.39 is 6.61 Å². The Morgan fingerprint density at radius 3 is 2.44 bits per heavy atom. The van der Waals surface area contributed by atoms with Crippen molar-refractivity contribution >= 4 is 11.9 Å². The molecule has 1 rings (SSSR count). The van der Waals surface area contributed by atoms with Crippen LogP contribution in [0, 0.1) is 0 Å². The summed E-state index contributed by atoms with van der Waals surface area (Å²) in [5, 5.41) is 8.45. The molecule has 0 aliphatic carbocycles. The number of carbonyl (C=O) groups excluding carboxylic acids is 1. The average molecular weight is 214 g/mol. The van der Waals surface area contributed by atoms with Gasteiger partial charge in [0.1, 0.15) is 6.61 Å². The van der Waals surface area contributed by atoms with Crippen LogP contribution in [0.2, 0.25) is 0 Å². The van der Waals surface area contributed by atoms with Crippen LogP contribution in [0.4, 0.5) is 0 Å². The van der Waals surface area contributed by atoms with Crippen LogP contribution < -0.4 is 0 Å². The van der Waals surface area contributed by atoms with Gasteiger partial charge in [-0.15, -0.1) is 0 Å². The lowest BCUT2D eigenvalue weighted by Crippen LogP contribution is -1.97. The molecule has 0 heterocycles. The van der Waals surface area contributed by atoms with Crippen LogP contribution in [0.5, 0.6) is 0 Å². The fraction of sp³-hybridized carbons (Fsp3) is 0.0714. The zero-order valence-electron chi connectivity index (χ0n) is 8.91. The van der Waals surface area contributed by atoms with Crippen LogP contribution >= 0.6 is 0 Å². The van der Waals surface area contributed by atoms with Crippen LogP contribution in [0.3, 0.4) is 0 Å². The van der Waals surface area contributed by atoms with Crippen LogP contribution in [0.25, 0.3) is 6.08 Å². The van der Waals surface area contributed by atoms with Crippen LogP contribution in [-0.2, 0) is 4.79 Å². The molecule has 0 aliphatic rings. The number of ketones is 1. The normalized spacial score (nSPS) is 11.8. The van der Waals surface area contributed by atoms with Crippen LogP contribution in [0.15, 0.2) is 60.7 Å². The number of benzene rings is 1. The molecule has 2 heteroatoms. The zero-order valence-corrected chi connectivity index (χ0v) is 8.91. The first-order valence-electron chi connectivity index (χ1n) is 5.03. The largest absolute Gasteiger partial charge is 0.388 e. The Balaban J connectivity index is 2.40. The molecule has 0 saturated heterocycles. The smallest absolute Gasteiger partial charge is 0.180 e. The summed E-state index contributed by atoms with van der Waals surface area (Å²) in [6, 6.07) is 9.94. The lowest BCUT2D eigenvalue weighted by molar-refractivity contribution is -0.117. The van der Waals surface area contributed by atoms with Crippen molar-refractivity contribution in [2.75, 3.05) is 6.61 Å². The summed E-state index contributed by atoms with van der Waals surface area (Å²) in [7, 11) is 0. The molecule has 16 heavy (non-hydrogen) atoms. The fourth-order valence-electron chi connectivity index (χ4n) is 1.07. The highest BCUT2D eigenvalue weighted by Gasteiger charge is 1.86. The minimum atomic E-state index is -0.440. The maximum absolute atomic E-state index is 10.7. The van der Waals surface area contributed by atoms with E-state index in [2.05, 4.69) is 0 Å². The van der Waals surface area contributed by atoms with E-state index in [-0.39, 0.29) is 5.78 Å². The molecule has 1 N–H and O–H groups in total. The summed E-state index contributed by atoms with van der Waals surface area (Å²) in [5.74, 6) is -0.295. The molecule has 0 unspecified atom stereocenters. The van der Waals surface area contributed by atoms with E-state index in [4.69, 9.17) is 5.11 Å². The van der Waals surface area contributed by atoms with E-state index in [1.807, 2.05) is 48.6 Å². The lowest BCUT2D eigenvalue weighted by atomic mass is 10.2. The Morgan fingerprint density at radius 1 is 1.06 bits per heavy atom. The van der Waals surface area contributed by atoms with Crippen molar-refractivity contribution in [3.05, 3.63) is 66.3 Å². The second-order valence-corrected chi connectivity index (χ2v) is 3.14. The van der Waals surface area contributed by atoms with Gasteiger partial charge in [-0.05, 0) is 11.6 Å². The lowest BCUT2D eigenvalue weighted by Gasteiger charge is -1.88. The molecular formula is C14H14O2. The minimum absolute atomic E-state index is 0.295. The molecule has 0 spiro atoms. The number of hydrogen-bond donors (Lipinski definition) is 1. The van der Waals surface area contributed by atoms with E-state index in [1.165, 1.54) is 6.08 Å². The van der Waals surface area contributed by atoms with Gasteiger partial charge in [0.05, 0.1) is 0 Å². The fourth-order valence-corrected chi connectivity index (χ4v) is 1.07. The van der Waals surface area contributed by atoms with Gasteiger partial charge in [0, 0.05) is 0 Å². The molecule has 0 aromatic heterocycles. The van der Waals surface area contributed by atoms with Crippen molar-refractivity contribution in [2.45, 2.75) is 0 Å². The quantitative estimate of drug-likeness (QED) is 0.603. The van der Waals surface area contributed by atoms with Crippen molar-refractivity contribution in [3.8, 4) is 0 Å². The average Bonchev–Trinajstić information content (AvgIpc) is 2.34. The summed E-state index contributed by atoms with van der Waals surface area (Å²) in [4.78, 5) is 10.7. The molecule has 0 bridgehead atoms. The molecule has 1 aromatic carbocycles. The third kappa shape index (κ3) is 5.08. The van der Waals surface area contributed by atoms with Gasteiger partial charge in [0.2, 0.25) is 0 Å². The van der Waals surface area contributed by atoms with Gasteiger partial charge in [-0.3, -0.25) is 4.79 Å². The Bertz CT molecular complexity index is 400. The number of allylic oxidation sites excluding steroid dienone is 4. The van der Waals surface area contributed by atoms with Gasteiger partial charge in [0.25, 0.3) is 0 Å². The topological polar surface area (TPSA) is 37.3 Å². The van der Waals surface area contributed by atoms with Gasteiger partial charge in [-0.25, -0.2) is 0 Å². The zero-order chi connectivity index (χ0) is 11.6. The third-order valence-corrected chi connectivity index (χ3v) is 1.86. The monoisotopic (exact) mass is 214 g/mol. The van der Waals surface area contributed by atoms with Crippen molar-refractivity contribution < 1.29 is 9.90 Å². The van der Waals surface area contributed by atoms with Gasteiger partial charge in [-0.2, -0.15) is 0 Å². The van der Waals surface area contributed by atoms with Crippen molar-refractivity contribution in [1.82, 2.24) is 0 Å². The Kier molecular flexibility index (Phi) is 5.59. The van der Waals surface area contributed by atoms with E-state index >= 15 is 0 Å². The SMILES string of the molecule is O=C(C=CC=CC=Cc1ccccc1)CO. The molecule has 2 nitrogen and oxygen atoms in total.